The third kappa shape index (κ3) is 2.65. The minimum absolute atomic E-state index is 0.0409. The number of thioether (sulfide) groups is 1. The minimum atomic E-state index is -0.0409. The number of benzene rings is 2. The lowest BCUT2D eigenvalue weighted by Crippen LogP contribution is -2.38. The second-order valence-corrected chi connectivity index (χ2v) is 6.78. The van der Waals surface area contributed by atoms with Gasteiger partial charge in [-0.3, -0.25) is 0 Å². The van der Waals surface area contributed by atoms with Gasteiger partial charge in [0.25, 0.3) is 0 Å². The first-order valence-corrected chi connectivity index (χ1v) is 9.26. The molecule has 1 aliphatic rings. The zero-order valence-corrected chi connectivity index (χ0v) is 14.3. The number of anilines is 1. The summed E-state index contributed by atoms with van der Waals surface area (Å²) in [5.74, 6) is 0. The standard InChI is InChI=1S/C19H19N3OS/c1-24-18-9-5-4-8-16(18)21-19(23)22-11-10-14-13-6-2-3-7-15(13)20-17(14)12-22/h2-9,20H,10-12H2,1H3,(H,21,23). The number of para-hydroxylation sites is 2. The number of fused-ring (bicyclic) bond motifs is 3. The summed E-state index contributed by atoms with van der Waals surface area (Å²) in [5.41, 5.74) is 4.52. The topological polar surface area (TPSA) is 48.1 Å². The van der Waals surface area contributed by atoms with E-state index in [-0.39, 0.29) is 6.03 Å². The van der Waals surface area contributed by atoms with Gasteiger partial charge < -0.3 is 15.2 Å². The minimum Gasteiger partial charge on any atom is -0.357 e. The molecule has 3 aromatic rings. The van der Waals surface area contributed by atoms with Crippen LogP contribution in [0.1, 0.15) is 11.3 Å². The SMILES string of the molecule is CSc1ccccc1NC(=O)N1CCc2c([nH]c3ccccc23)C1. The Morgan fingerprint density at radius 3 is 2.83 bits per heavy atom. The van der Waals surface area contributed by atoms with E-state index in [9.17, 15) is 4.79 Å². The molecule has 0 spiro atoms. The molecule has 5 heteroatoms. The van der Waals surface area contributed by atoms with Crippen molar-refractivity contribution >= 4 is 34.4 Å². The fourth-order valence-corrected chi connectivity index (χ4v) is 3.86. The monoisotopic (exact) mass is 337 g/mol. The highest BCUT2D eigenvalue weighted by atomic mass is 32.2. The number of carbonyl (C=O) groups is 1. The fraction of sp³-hybridized carbons (Fsp3) is 0.211. The van der Waals surface area contributed by atoms with Crippen LogP contribution in [0.25, 0.3) is 10.9 Å². The summed E-state index contributed by atoms with van der Waals surface area (Å²) in [7, 11) is 0. The number of aromatic amines is 1. The van der Waals surface area contributed by atoms with E-state index in [2.05, 4.69) is 28.5 Å². The highest BCUT2D eigenvalue weighted by molar-refractivity contribution is 7.98. The van der Waals surface area contributed by atoms with E-state index in [1.54, 1.807) is 11.8 Å². The van der Waals surface area contributed by atoms with Gasteiger partial charge in [-0.15, -0.1) is 11.8 Å². The number of amides is 2. The summed E-state index contributed by atoms with van der Waals surface area (Å²) in [4.78, 5) is 19.1. The highest BCUT2D eigenvalue weighted by Crippen LogP contribution is 2.29. The number of H-pyrrole nitrogens is 1. The van der Waals surface area contributed by atoms with Crippen LogP contribution >= 0.6 is 11.8 Å². The molecule has 2 heterocycles. The van der Waals surface area contributed by atoms with E-state index in [0.29, 0.717) is 6.54 Å². The van der Waals surface area contributed by atoms with Gasteiger partial charge >= 0.3 is 6.03 Å². The maximum Gasteiger partial charge on any atom is 0.322 e. The Bertz CT molecular complexity index is 903. The van der Waals surface area contributed by atoms with E-state index in [1.807, 2.05) is 41.5 Å². The van der Waals surface area contributed by atoms with Gasteiger partial charge in [-0.25, -0.2) is 4.79 Å². The van der Waals surface area contributed by atoms with Crippen LogP contribution in [0.15, 0.2) is 53.4 Å². The lowest BCUT2D eigenvalue weighted by atomic mass is 10.0. The second-order valence-electron chi connectivity index (χ2n) is 5.93. The number of hydrogen-bond donors (Lipinski definition) is 2. The van der Waals surface area contributed by atoms with E-state index >= 15 is 0 Å². The molecule has 0 bridgehead atoms. The molecule has 0 atom stereocenters. The molecule has 1 aliphatic heterocycles. The molecule has 4 nitrogen and oxygen atoms in total. The van der Waals surface area contributed by atoms with Gasteiger partial charge in [0.15, 0.2) is 0 Å². The Morgan fingerprint density at radius 1 is 1.17 bits per heavy atom. The number of nitrogens with zero attached hydrogens (tertiary/aromatic N) is 1. The highest BCUT2D eigenvalue weighted by Gasteiger charge is 2.24. The van der Waals surface area contributed by atoms with Crippen LogP contribution in [0.3, 0.4) is 0 Å². The van der Waals surface area contributed by atoms with Crippen molar-refractivity contribution in [1.82, 2.24) is 9.88 Å². The lowest BCUT2D eigenvalue weighted by molar-refractivity contribution is 0.206. The Morgan fingerprint density at radius 2 is 1.96 bits per heavy atom. The number of urea groups is 1. The van der Waals surface area contributed by atoms with Gasteiger partial charge in [-0.1, -0.05) is 30.3 Å². The molecule has 0 saturated carbocycles. The molecule has 4 rings (SSSR count). The van der Waals surface area contributed by atoms with E-state index in [1.165, 1.54) is 10.9 Å². The summed E-state index contributed by atoms with van der Waals surface area (Å²) in [6.45, 7) is 1.36. The zero-order chi connectivity index (χ0) is 16.5. The summed E-state index contributed by atoms with van der Waals surface area (Å²) in [6.07, 6.45) is 2.90. The number of hydrogen-bond acceptors (Lipinski definition) is 2. The molecule has 2 amide bonds. The molecule has 2 aromatic carbocycles. The van der Waals surface area contributed by atoms with E-state index < -0.39 is 0 Å². The zero-order valence-electron chi connectivity index (χ0n) is 13.5. The molecule has 24 heavy (non-hydrogen) atoms. The van der Waals surface area contributed by atoms with Gasteiger partial charge in [-0.05, 0) is 36.4 Å². The van der Waals surface area contributed by atoms with Crippen LogP contribution in [0.4, 0.5) is 10.5 Å². The number of rotatable bonds is 2. The Balaban J connectivity index is 1.55. The van der Waals surface area contributed by atoms with Crippen molar-refractivity contribution in [3.05, 3.63) is 59.8 Å². The predicted molar refractivity (Wildman–Crippen MR) is 99.7 cm³/mol. The molecule has 2 N–H and O–H groups in total. The van der Waals surface area contributed by atoms with Crippen molar-refractivity contribution in [3.63, 3.8) is 0 Å². The summed E-state index contributed by atoms with van der Waals surface area (Å²) < 4.78 is 0. The quantitative estimate of drug-likeness (QED) is 0.677. The third-order valence-electron chi connectivity index (χ3n) is 4.52. The third-order valence-corrected chi connectivity index (χ3v) is 5.31. The molecule has 1 aromatic heterocycles. The summed E-state index contributed by atoms with van der Waals surface area (Å²) in [6, 6.07) is 16.2. The van der Waals surface area contributed by atoms with Crippen molar-refractivity contribution in [2.24, 2.45) is 0 Å². The van der Waals surface area contributed by atoms with Gasteiger partial charge in [-0.2, -0.15) is 0 Å². The first kappa shape index (κ1) is 15.1. The smallest absolute Gasteiger partial charge is 0.322 e. The molecule has 0 fully saturated rings. The van der Waals surface area contributed by atoms with Crippen LogP contribution in [-0.2, 0) is 13.0 Å². The van der Waals surface area contributed by atoms with Crippen molar-refractivity contribution in [2.75, 3.05) is 18.1 Å². The van der Waals surface area contributed by atoms with Gasteiger partial charge in [0, 0.05) is 28.0 Å². The molecule has 0 saturated heterocycles. The molecular formula is C19H19N3OS. The number of carbonyl (C=O) groups excluding carboxylic acids is 1. The van der Waals surface area contributed by atoms with Crippen LogP contribution in [-0.4, -0.2) is 28.7 Å². The average Bonchev–Trinajstić information content (AvgIpc) is 3.00. The fourth-order valence-electron chi connectivity index (χ4n) is 3.31. The molecular weight excluding hydrogens is 318 g/mol. The molecule has 122 valence electrons. The normalized spacial score (nSPS) is 13.8. The summed E-state index contributed by atoms with van der Waals surface area (Å²) in [5, 5.41) is 4.33. The summed E-state index contributed by atoms with van der Waals surface area (Å²) >= 11 is 1.64. The van der Waals surface area contributed by atoms with Crippen molar-refractivity contribution in [1.29, 1.82) is 0 Å². The maximum atomic E-state index is 12.7. The first-order valence-electron chi connectivity index (χ1n) is 8.03. The molecule has 0 radical (unpaired) electrons. The Kier molecular flexibility index (Phi) is 3.94. The van der Waals surface area contributed by atoms with E-state index in [4.69, 9.17) is 0 Å². The first-order chi connectivity index (χ1) is 11.8. The van der Waals surface area contributed by atoms with Crippen LogP contribution < -0.4 is 5.32 Å². The van der Waals surface area contributed by atoms with Crippen molar-refractivity contribution in [2.45, 2.75) is 17.9 Å². The van der Waals surface area contributed by atoms with Crippen LogP contribution in [0.5, 0.6) is 0 Å². The largest absolute Gasteiger partial charge is 0.357 e. The lowest BCUT2D eigenvalue weighted by Gasteiger charge is -2.27. The van der Waals surface area contributed by atoms with Crippen molar-refractivity contribution < 1.29 is 4.79 Å². The van der Waals surface area contributed by atoms with E-state index in [0.717, 1.165) is 34.8 Å². The van der Waals surface area contributed by atoms with Crippen LogP contribution in [0, 0.1) is 0 Å². The Labute approximate surface area is 145 Å². The van der Waals surface area contributed by atoms with Crippen LogP contribution in [0.2, 0.25) is 0 Å². The number of nitrogens with one attached hydrogen (secondary N) is 2. The maximum absolute atomic E-state index is 12.7. The number of aromatic nitrogens is 1. The van der Waals surface area contributed by atoms with Gasteiger partial charge in [0.1, 0.15) is 0 Å². The molecule has 0 aliphatic carbocycles. The van der Waals surface area contributed by atoms with Gasteiger partial charge in [0.2, 0.25) is 0 Å². The predicted octanol–water partition coefficient (Wildman–Crippen LogP) is 4.48. The van der Waals surface area contributed by atoms with Gasteiger partial charge in [0.05, 0.1) is 12.2 Å². The second kappa shape index (κ2) is 6.24. The van der Waals surface area contributed by atoms with Crippen molar-refractivity contribution in [3.8, 4) is 0 Å². The average molecular weight is 337 g/mol. The molecule has 0 unspecified atom stereocenters. The Hall–Kier alpha value is -2.40.